The fraction of sp³-hybridized carbons (Fsp3) is 0.533. The van der Waals surface area contributed by atoms with Crippen LogP contribution in [0.25, 0.3) is 0 Å². The number of amides is 1. The molecule has 0 aliphatic carbocycles. The van der Waals surface area contributed by atoms with Gasteiger partial charge in [-0.25, -0.2) is 0 Å². The van der Waals surface area contributed by atoms with Crippen molar-refractivity contribution in [2.75, 3.05) is 0 Å². The lowest BCUT2D eigenvalue weighted by atomic mass is 9.95. The second-order valence-electron chi connectivity index (χ2n) is 5.78. The molecule has 1 amide bonds. The highest BCUT2D eigenvalue weighted by Gasteiger charge is 2.41. The van der Waals surface area contributed by atoms with Crippen LogP contribution >= 0.6 is 0 Å². The first-order valence-corrected chi connectivity index (χ1v) is 7.08. The lowest BCUT2D eigenvalue weighted by Gasteiger charge is -2.20. The molecule has 3 aliphatic heterocycles. The van der Waals surface area contributed by atoms with Crippen molar-refractivity contribution in [2.24, 2.45) is 0 Å². The summed E-state index contributed by atoms with van der Waals surface area (Å²) in [5.74, 6) is 0.0378. The van der Waals surface area contributed by atoms with E-state index >= 15 is 0 Å². The number of hydrogen-bond acceptors (Lipinski definition) is 3. The van der Waals surface area contributed by atoms with Crippen molar-refractivity contribution in [2.45, 2.75) is 50.6 Å². The number of nitrogens with one attached hydrogen (secondary N) is 2. The minimum atomic E-state index is 0.0378. The van der Waals surface area contributed by atoms with Crippen LogP contribution in [0.5, 0.6) is 0 Å². The summed E-state index contributed by atoms with van der Waals surface area (Å²) < 4.78 is 5.77. The first-order chi connectivity index (χ1) is 9.29. The first kappa shape index (κ1) is 11.4. The zero-order valence-electron chi connectivity index (χ0n) is 10.8. The summed E-state index contributed by atoms with van der Waals surface area (Å²) in [5.41, 5.74) is 3.32. The van der Waals surface area contributed by atoms with Crippen molar-refractivity contribution in [1.82, 2.24) is 10.6 Å². The second-order valence-corrected chi connectivity index (χ2v) is 5.78. The van der Waals surface area contributed by atoms with Crippen LogP contribution in [-0.4, -0.2) is 24.2 Å². The first-order valence-electron chi connectivity index (χ1n) is 7.08. The van der Waals surface area contributed by atoms with Crippen molar-refractivity contribution < 1.29 is 9.53 Å². The highest BCUT2D eigenvalue weighted by atomic mass is 16.5. The average molecular weight is 258 g/mol. The van der Waals surface area contributed by atoms with Gasteiger partial charge in [-0.3, -0.25) is 4.79 Å². The Morgan fingerprint density at radius 3 is 2.95 bits per heavy atom. The molecule has 3 atom stereocenters. The van der Waals surface area contributed by atoms with Crippen molar-refractivity contribution >= 4 is 5.91 Å². The monoisotopic (exact) mass is 258 g/mol. The smallest absolute Gasteiger partial charge is 0.251 e. The second kappa shape index (κ2) is 4.32. The van der Waals surface area contributed by atoms with Gasteiger partial charge in [-0.1, -0.05) is 6.07 Å². The van der Waals surface area contributed by atoms with Gasteiger partial charge in [0.05, 0.1) is 18.2 Å². The van der Waals surface area contributed by atoms with Crippen LogP contribution in [0.2, 0.25) is 0 Å². The van der Waals surface area contributed by atoms with Gasteiger partial charge in [-0.05, 0) is 42.5 Å². The Kier molecular flexibility index (Phi) is 2.60. The summed E-state index contributed by atoms with van der Waals surface area (Å²) in [6, 6.07) is 6.20. The Bertz CT molecular complexity index is 529. The van der Waals surface area contributed by atoms with Gasteiger partial charge in [-0.2, -0.15) is 0 Å². The molecular weight excluding hydrogens is 240 g/mol. The predicted octanol–water partition coefficient (Wildman–Crippen LogP) is 1.34. The molecule has 2 fully saturated rings. The summed E-state index contributed by atoms with van der Waals surface area (Å²) in [4.78, 5) is 12.3. The Morgan fingerprint density at radius 1 is 1.26 bits per heavy atom. The molecule has 4 heteroatoms. The molecule has 3 aliphatic rings. The van der Waals surface area contributed by atoms with E-state index < -0.39 is 0 Å². The zero-order valence-corrected chi connectivity index (χ0v) is 10.8. The van der Waals surface area contributed by atoms with E-state index in [0.717, 1.165) is 37.9 Å². The van der Waals surface area contributed by atoms with Crippen LogP contribution in [0.4, 0.5) is 0 Å². The number of carbonyl (C=O) groups is 1. The summed E-state index contributed by atoms with van der Waals surface area (Å²) in [6.07, 6.45) is 3.83. The summed E-state index contributed by atoms with van der Waals surface area (Å²) >= 11 is 0. The minimum absolute atomic E-state index is 0.0378. The topological polar surface area (TPSA) is 50.4 Å². The molecule has 3 heterocycles. The lowest BCUT2D eigenvalue weighted by molar-refractivity contribution is 0.0841. The zero-order chi connectivity index (χ0) is 12.8. The van der Waals surface area contributed by atoms with Gasteiger partial charge in [0, 0.05) is 18.7 Å². The largest absolute Gasteiger partial charge is 0.373 e. The highest BCUT2D eigenvalue weighted by molar-refractivity contribution is 5.94. The number of ether oxygens (including phenoxy) is 1. The number of rotatable bonds is 2. The van der Waals surface area contributed by atoms with E-state index in [1.165, 1.54) is 11.1 Å². The molecule has 1 aromatic carbocycles. The molecule has 4 nitrogen and oxygen atoms in total. The van der Waals surface area contributed by atoms with Crippen LogP contribution < -0.4 is 10.6 Å². The van der Waals surface area contributed by atoms with Gasteiger partial charge in [0.15, 0.2) is 0 Å². The van der Waals surface area contributed by atoms with Crippen LogP contribution in [0, 0.1) is 0 Å². The van der Waals surface area contributed by atoms with Gasteiger partial charge in [0.2, 0.25) is 0 Å². The van der Waals surface area contributed by atoms with E-state index in [-0.39, 0.29) is 18.1 Å². The Labute approximate surface area is 112 Å². The number of fused-ring (bicyclic) bond motifs is 3. The number of benzene rings is 1. The highest BCUT2D eigenvalue weighted by Crippen LogP contribution is 2.34. The van der Waals surface area contributed by atoms with Gasteiger partial charge >= 0.3 is 0 Å². The van der Waals surface area contributed by atoms with Gasteiger partial charge in [0.25, 0.3) is 5.91 Å². The van der Waals surface area contributed by atoms with Crippen LogP contribution in [0.1, 0.15) is 40.7 Å². The Balaban J connectivity index is 1.48. The standard InChI is InChI=1S/C15H18N2O2/c18-15(17-13-6-12-3-4-14(13)19-12)9-1-2-10-7-16-8-11(10)5-9/h1-2,5,12-14,16H,3-4,6-8H2,(H,17,18). The van der Waals surface area contributed by atoms with Crippen LogP contribution in [0.3, 0.4) is 0 Å². The Hall–Kier alpha value is -1.39. The normalized spacial score (nSPS) is 31.5. The number of carbonyl (C=O) groups excluding carboxylic acids is 1. The summed E-state index contributed by atoms with van der Waals surface area (Å²) in [6.45, 7) is 1.78. The molecular formula is C15H18N2O2. The third-order valence-corrected chi connectivity index (χ3v) is 4.52. The molecule has 1 aromatic rings. The van der Waals surface area contributed by atoms with Gasteiger partial charge in [-0.15, -0.1) is 0 Å². The maximum Gasteiger partial charge on any atom is 0.251 e. The lowest BCUT2D eigenvalue weighted by Crippen LogP contribution is -2.41. The van der Waals surface area contributed by atoms with E-state index in [2.05, 4.69) is 16.7 Å². The predicted molar refractivity (Wildman–Crippen MR) is 70.8 cm³/mol. The quantitative estimate of drug-likeness (QED) is 0.841. The van der Waals surface area contributed by atoms with Crippen molar-refractivity contribution in [3.05, 3.63) is 34.9 Å². The molecule has 0 spiro atoms. The van der Waals surface area contributed by atoms with Crippen molar-refractivity contribution in [1.29, 1.82) is 0 Å². The molecule has 100 valence electrons. The maximum absolute atomic E-state index is 12.3. The van der Waals surface area contributed by atoms with E-state index in [9.17, 15) is 4.79 Å². The number of hydrogen-bond donors (Lipinski definition) is 2. The molecule has 2 N–H and O–H groups in total. The van der Waals surface area contributed by atoms with Gasteiger partial charge < -0.3 is 15.4 Å². The summed E-state index contributed by atoms with van der Waals surface area (Å²) in [7, 11) is 0. The van der Waals surface area contributed by atoms with E-state index in [0.29, 0.717) is 6.10 Å². The van der Waals surface area contributed by atoms with E-state index in [4.69, 9.17) is 4.74 Å². The minimum Gasteiger partial charge on any atom is -0.373 e. The summed E-state index contributed by atoms with van der Waals surface area (Å²) in [5, 5.41) is 6.43. The van der Waals surface area contributed by atoms with Crippen molar-refractivity contribution in [3.63, 3.8) is 0 Å². The average Bonchev–Trinajstić information content (AvgIpc) is 3.13. The van der Waals surface area contributed by atoms with E-state index in [1.807, 2.05) is 12.1 Å². The fourth-order valence-electron chi connectivity index (χ4n) is 3.48. The fourth-order valence-corrected chi connectivity index (χ4v) is 3.48. The third kappa shape index (κ3) is 1.95. The van der Waals surface area contributed by atoms with Gasteiger partial charge in [0.1, 0.15) is 0 Å². The molecule has 3 unspecified atom stereocenters. The maximum atomic E-state index is 12.3. The molecule has 0 radical (unpaired) electrons. The molecule has 2 saturated heterocycles. The molecule has 0 saturated carbocycles. The molecule has 19 heavy (non-hydrogen) atoms. The Morgan fingerprint density at radius 2 is 2.16 bits per heavy atom. The van der Waals surface area contributed by atoms with Crippen molar-refractivity contribution in [3.8, 4) is 0 Å². The van der Waals surface area contributed by atoms with E-state index in [1.54, 1.807) is 0 Å². The molecule has 0 aromatic heterocycles. The van der Waals surface area contributed by atoms with Crippen LogP contribution in [-0.2, 0) is 17.8 Å². The SMILES string of the molecule is O=C(NC1CC2CCC1O2)c1ccc2c(c1)CNC2. The van der Waals surface area contributed by atoms with Crippen LogP contribution in [0.15, 0.2) is 18.2 Å². The molecule has 2 bridgehead atoms. The third-order valence-electron chi connectivity index (χ3n) is 4.52. The molecule has 4 rings (SSSR count).